The first kappa shape index (κ1) is 15.1. The molecule has 0 amide bonds. The van der Waals surface area contributed by atoms with E-state index < -0.39 is 11.9 Å². The molecule has 4 aromatic rings. The molecule has 24 heavy (non-hydrogen) atoms. The van der Waals surface area contributed by atoms with E-state index in [0.29, 0.717) is 5.65 Å². The minimum Gasteiger partial charge on any atom is -0.263 e. The summed E-state index contributed by atoms with van der Waals surface area (Å²) < 4.78 is 41.0. The van der Waals surface area contributed by atoms with Crippen molar-refractivity contribution in [2.75, 3.05) is 0 Å². The van der Waals surface area contributed by atoms with E-state index in [1.165, 1.54) is 17.9 Å². The van der Waals surface area contributed by atoms with E-state index >= 15 is 0 Å². The average molecular weight is 352 g/mol. The lowest BCUT2D eigenvalue weighted by Crippen LogP contribution is -2.11. The molecule has 0 aromatic carbocycles. The topological polar surface area (TPSA) is 60.9 Å². The van der Waals surface area contributed by atoms with Gasteiger partial charge < -0.3 is 0 Å². The number of aryl methyl sites for hydroxylation is 3. The lowest BCUT2D eigenvalue weighted by Gasteiger charge is -2.04. The van der Waals surface area contributed by atoms with Crippen molar-refractivity contribution in [3.8, 4) is 11.5 Å². The van der Waals surface area contributed by atoms with Crippen LogP contribution in [-0.2, 0) is 13.2 Å². The Balaban J connectivity index is 1.94. The van der Waals surface area contributed by atoms with E-state index in [1.54, 1.807) is 11.3 Å². The predicted octanol–water partition coefficient (Wildman–Crippen LogP) is 3.38. The van der Waals surface area contributed by atoms with E-state index in [9.17, 15) is 13.2 Å². The fraction of sp³-hybridized carbons (Fsp3) is 0.286. The van der Waals surface area contributed by atoms with E-state index in [-0.39, 0.29) is 11.5 Å². The summed E-state index contributed by atoms with van der Waals surface area (Å²) >= 11 is 1.55. The molecule has 0 aliphatic rings. The van der Waals surface area contributed by atoms with Crippen molar-refractivity contribution in [3.63, 3.8) is 0 Å². The molecule has 0 unspecified atom stereocenters. The van der Waals surface area contributed by atoms with Gasteiger partial charge in [0.1, 0.15) is 22.5 Å². The third-order valence-electron chi connectivity index (χ3n) is 3.91. The standard InChI is InChI=1S/C14H11F3N6S/c1-6-7(2)24-13-10(6)12-19-11(21-23(12)5-18-13)8-4-9(14(15,16)17)22(3)20-8/h4-5H,1-3H3. The van der Waals surface area contributed by atoms with Gasteiger partial charge in [-0.05, 0) is 25.5 Å². The summed E-state index contributed by atoms with van der Waals surface area (Å²) in [5.41, 5.74) is 0.841. The molecule has 4 aromatic heterocycles. The molecular weight excluding hydrogens is 341 g/mol. The Hall–Kier alpha value is -2.49. The normalized spacial score (nSPS) is 12.6. The molecule has 4 heterocycles. The van der Waals surface area contributed by atoms with Crippen LogP contribution in [0.3, 0.4) is 0 Å². The highest BCUT2D eigenvalue weighted by Gasteiger charge is 2.35. The summed E-state index contributed by atoms with van der Waals surface area (Å²) in [6, 6.07) is 0.950. The van der Waals surface area contributed by atoms with Gasteiger partial charge >= 0.3 is 6.18 Å². The smallest absolute Gasteiger partial charge is 0.263 e. The minimum absolute atomic E-state index is 0.0753. The Morgan fingerprint density at radius 1 is 1.17 bits per heavy atom. The van der Waals surface area contributed by atoms with E-state index in [4.69, 9.17) is 0 Å². The Morgan fingerprint density at radius 2 is 1.92 bits per heavy atom. The zero-order chi connectivity index (χ0) is 17.2. The molecule has 124 valence electrons. The van der Waals surface area contributed by atoms with E-state index in [1.807, 2.05) is 13.8 Å². The van der Waals surface area contributed by atoms with Crippen LogP contribution in [0.25, 0.3) is 27.4 Å². The second-order valence-electron chi connectivity index (χ2n) is 5.45. The first-order valence-electron chi connectivity index (χ1n) is 6.98. The zero-order valence-corrected chi connectivity index (χ0v) is 13.7. The number of aromatic nitrogens is 6. The first-order chi connectivity index (χ1) is 11.3. The van der Waals surface area contributed by atoms with Crippen LogP contribution in [0, 0.1) is 13.8 Å². The number of thiophene rings is 1. The molecule has 0 saturated heterocycles. The van der Waals surface area contributed by atoms with Crippen LogP contribution in [0.2, 0.25) is 0 Å². The molecule has 0 atom stereocenters. The SMILES string of the molecule is Cc1sc2ncn3nc(-c4cc(C(F)(F)F)n(C)n4)nc3c2c1C. The molecule has 6 nitrogen and oxygen atoms in total. The third-order valence-corrected chi connectivity index (χ3v) is 5.02. The zero-order valence-electron chi connectivity index (χ0n) is 12.9. The Morgan fingerprint density at radius 3 is 2.58 bits per heavy atom. The monoisotopic (exact) mass is 352 g/mol. The summed E-state index contributed by atoms with van der Waals surface area (Å²) in [5, 5.41) is 8.98. The van der Waals surface area contributed by atoms with E-state index in [2.05, 4.69) is 20.2 Å². The molecule has 0 aliphatic heterocycles. The van der Waals surface area contributed by atoms with Gasteiger partial charge in [0.2, 0.25) is 5.82 Å². The molecule has 10 heteroatoms. The van der Waals surface area contributed by atoms with Crippen LogP contribution in [0.15, 0.2) is 12.4 Å². The quantitative estimate of drug-likeness (QED) is 0.527. The van der Waals surface area contributed by atoms with Gasteiger partial charge in [-0.15, -0.1) is 16.4 Å². The fourth-order valence-corrected chi connectivity index (χ4v) is 3.59. The lowest BCUT2D eigenvalue weighted by molar-refractivity contribution is -0.143. The second-order valence-corrected chi connectivity index (χ2v) is 6.65. The average Bonchev–Trinajstić information content (AvgIpc) is 3.14. The van der Waals surface area contributed by atoms with Crippen LogP contribution in [0.1, 0.15) is 16.1 Å². The van der Waals surface area contributed by atoms with Crippen molar-refractivity contribution in [2.45, 2.75) is 20.0 Å². The minimum atomic E-state index is -4.48. The van der Waals surface area contributed by atoms with Gasteiger partial charge in [0.05, 0.1) is 5.39 Å². The molecule has 0 N–H and O–H groups in total. The summed E-state index contributed by atoms with van der Waals surface area (Å²) in [6.45, 7) is 3.95. The largest absolute Gasteiger partial charge is 0.433 e. The van der Waals surface area contributed by atoms with E-state index in [0.717, 1.165) is 31.4 Å². The van der Waals surface area contributed by atoms with Gasteiger partial charge in [0.15, 0.2) is 5.65 Å². The third kappa shape index (κ3) is 2.09. The number of hydrogen-bond donors (Lipinski definition) is 0. The molecule has 0 radical (unpaired) electrons. The van der Waals surface area contributed by atoms with Crippen molar-refractivity contribution in [3.05, 3.63) is 28.5 Å². The van der Waals surface area contributed by atoms with Crippen LogP contribution < -0.4 is 0 Å². The molecule has 0 bridgehead atoms. The van der Waals surface area contributed by atoms with Gasteiger partial charge in [-0.2, -0.15) is 18.3 Å². The van der Waals surface area contributed by atoms with Gasteiger partial charge in [0.25, 0.3) is 0 Å². The fourth-order valence-electron chi connectivity index (χ4n) is 2.59. The van der Waals surface area contributed by atoms with Crippen molar-refractivity contribution >= 4 is 27.2 Å². The number of fused-ring (bicyclic) bond motifs is 3. The highest BCUT2D eigenvalue weighted by molar-refractivity contribution is 7.18. The molecule has 4 rings (SSSR count). The maximum absolute atomic E-state index is 12.9. The predicted molar refractivity (Wildman–Crippen MR) is 82.8 cm³/mol. The number of nitrogens with zero attached hydrogens (tertiary/aromatic N) is 6. The Bertz CT molecular complexity index is 1090. The van der Waals surface area contributed by atoms with Crippen LogP contribution in [0.5, 0.6) is 0 Å². The number of hydrogen-bond acceptors (Lipinski definition) is 5. The molecule has 0 aliphatic carbocycles. The summed E-state index contributed by atoms with van der Waals surface area (Å²) in [5.74, 6) is 0.138. The summed E-state index contributed by atoms with van der Waals surface area (Å²) in [6.07, 6.45) is -2.97. The maximum Gasteiger partial charge on any atom is 0.433 e. The first-order valence-corrected chi connectivity index (χ1v) is 7.80. The highest BCUT2D eigenvalue weighted by Crippen LogP contribution is 2.33. The Labute approximate surface area is 137 Å². The van der Waals surface area contributed by atoms with Gasteiger partial charge in [0, 0.05) is 11.9 Å². The molecular formula is C14H11F3N6S. The molecule has 0 spiro atoms. The molecule has 0 saturated carbocycles. The lowest BCUT2D eigenvalue weighted by atomic mass is 10.2. The van der Waals surface area contributed by atoms with Crippen LogP contribution in [-0.4, -0.2) is 29.4 Å². The summed E-state index contributed by atoms with van der Waals surface area (Å²) in [4.78, 5) is 10.7. The van der Waals surface area contributed by atoms with Gasteiger partial charge in [-0.3, -0.25) is 4.68 Å². The van der Waals surface area contributed by atoms with Crippen LogP contribution in [0.4, 0.5) is 13.2 Å². The van der Waals surface area contributed by atoms with Gasteiger partial charge in [-0.1, -0.05) is 0 Å². The van der Waals surface area contributed by atoms with Crippen molar-refractivity contribution in [1.82, 2.24) is 29.4 Å². The van der Waals surface area contributed by atoms with Crippen molar-refractivity contribution in [2.24, 2.45) is 7.05 Å². The van der Waals surface area contributed by atoms with Crippen molar-refractivity contribution in [1.29, 1.82) is 0 Å². The number of halogens is 3. The number of rotatable bonds is 1. The second kappa shape index (κ2) is 4.76. The maximum atomic E-state index is 12.9. The highest BCUT2D eigenvalue weighted by atomic mass is 32.1. The molecule has 0 fully saturated rings. The summed E-state index contributed by atoms with van der Waals surface area (Å²) in [7, 11) is 1.24. The number of alkyl halides is 3. The van der Waals surface area contributed by atoms with Crippen molar-refractivity contribution < 1.29 is 13.2 Å². The van der Waals surface area contributed by atoms with Crippen LogP contribution >= 0.6 is 11.3 Å². The Kier molecular flexibility index (Phi) is 2.99. The van der Waals surface area contributed by atoms with Gasteiger partial charge in [-0.25, -0.2) is 14.5 Å².